The van der Waals surface area contributed by atoms with Crippen molar-refractivity contribution in [1.29, 1.82) is 0 Å². The molecule has 1 aliphatic heterocycles. The van der Waals surface area contributed by atoms with Crippen molar-refractivity contribution in [3.8, 4) is 11.6 Å². The molecule has 0 aliphatic carbocycles. The zero-order valence-corrected chi connectivity index (χ0v) is 18.0. The van der Waals surface area contributed by atoms with Gasteiger partial charge in [-0.25, -0.2) is 9.97 Å². The van der Waals surface area contributed by atoms with E-state index in [9.17, 15) is 4.79 Å². The van der Waals surface area contributed by atoms with E-state index in [0.29, 0.717) is 12.4 Å². The average Bonchev–Trinajstić information content (AvgIpc) is 2.80. The third-order valence-electron chi connectivity index (χ3n) is 5.76. The lowest BCUT2D eigenvalue weighted by atomic mass is 9.95. The highest BCUT2D eigenvalue weighted by Gasteiger charge is 2.27. The SMILES string of the molecule is Cc1ccc(Oc2nccnc2N2CCC(C(=O)NCc3ccccc3C)CC2)cc1. The van der Waals surface area contributed by atoms with E-state index in [1.807, 2.05) is 43.3 Å². The summed E-state index contributed by atoms with van der Waals surface area (Å²) in [5, 5.41) is 3.10. The minimum atomic E-state index is 0.0124. The summed E-state index contributed by atoms with van der Waals surface area (Å²) < 4.78 is 6.00. The molecule has 1 saturated heterocycles. The minimum absolute atomic E-state index is 0.0124. The van der Waals surface area contributed by atoms with Crippen LogP contribution in [0.4, 0.5) is 5.82 Å². The molecule has 6 heteroatoms. The number of carbonyl (C=O) groups excluding carboxylic acids is 1. The second-order valence-corrected chi connectivity index (χ2v) is 8.01. The van der Waals surface area contributed by atoms with Gasteiger partial charge in [0.15, 0.2) is 5.82 Å². The highest BCUT2D eigenvalue weighted by molar-refractivity contribution is 5.79. The Kier molecular flexibility index (Phi) is 6.46. The average molecular weight is 417 g/mol. The summed E-state index contributed by atoms with van der Waals surface area (Å²) in [6, 6.07) is 16.0. The Bertz CT molecular complexity index is 1030. The highest BCUT2D eigenvalue weighted by atomic mass is 16.5. The molecule has 0 unspecified atom stereocenters. The van der Waals surface area contributed by atoms with Gasteiger partial charge in [0.1, 0.15) is 5.75 Å². The fraction of sp³-hybridized carbons (Fsp3) is 0.320. The van der Waals surface area contributed by atoms with Crippen LogP contribution in [0.2, 0.25) is 0 Å². The molecule has 31 heavy (non-hydrogen) atoms. The lowest BCUT2D eigenvalue weighted by Crippen LogP contribution is -2.40. The maximum Gasteiger partial charge on any atom is 0.263 e. The number of rotatable bonds is 6. The standard InChI is InChI=1S/C25H28N4O2/c1-18-7-9-22(10-8-18)31-25-23(26-13-14-27-25)29-15-11-20(12-16-29)24(30)28-17-21-6-4-3-5-19(21)2/h3-10,13-14,20H,11-12,15-17H2,1-2H3,(H,28,30). The predicted octanol–water partition coefficient (Wildman–Crippen LogP) is 4.42. The number of nitrogens with zero attached hydrogens (tertiary/aromatic N) is 3. The maximum atomic E-state index is 12.7. The van der Waals surface area contributed by atoms with Gasteiger partial charge in [0, 0.05) is 37.9 Å². The van der Waals surface area contributed by atoms with Crippen molar-refractivity contribution >= 4 is 11.7 Å². The normalized spacial score (nSPS) is 14.3. The van der Waals surface area contributed by atoms with Gasteiger partial charge in [0.05, 0.1) is 0 Å². The number of amides is 1. The lowest BCUT2D eigenvalue weighted by molar-refractivity contribution is -0.125. The number of nitrogens with one attached hydrogen (secondary N) is 1. The van der Waals surface area contributed by atoms with Crippen molar-refractivity contribution in [3.63, 3.8) is 0 Å². The van der Waals surface area contributed by atoms with Crippen molar-refractivity contribution in [2.24, 2.45) is 5.92 Å². The number of carbonyl (C=O) groups is 1. The molecule has 160 valence electrons. The summed E-state index contributed by atoms with van der Waals surface area (Å²) in [4.78, 5) is 23.7. The first-order chi connectivity index (χ1) is 15.1. The monoisotopic (exact) mass is 416 g/mol. The summed E-state index contributed by atoms with van der Waals surface area (Å²) in [6.45, 7) is 6.16. The Balaban J connectivity index is 1.35. The van der Waals surface area contributed by atoms with Crippen LogP contribution >= 0.6 is 0 Å². The van der Waals surface area contributed by atoms with Gasteiger partial charge in [-0.05, 0) is 49.9 Å². The first kappa shape index (κ1) is 20.8. The molecule has 2 heterocycles. The lowest BCUT2D eigenvalue weighted by Gasteiger charge is -2.32. The van der Waals surface area contributed by atoms with Crippen molar-refractivity contribution < 1.29 is 9.53 Å². The molecule has 4 rings (SSSR count). The molecule has 0 radical (unpaired) electrons. The molecule has 0 atom stereocenters. The summed E-state index contributed by atoms with van der Waals surface area (Å²) in [5.74, 6) is 2.09. The van der Waals surface area contributed by atoms with Crippen molar-refractivity contribution in [3.05, 3.63) is 77.6 Å². The van der Waals surface area contributed by atoms with Crippen LogP contribution in [0, 0.1) is 19.8 Å². The molecule has 3 aromatic rings. The van der Waals surface area contributed by atoms with Gasteiger partial charge < -0.3 is 15.0 Å². The molecule has 2 aromatic carbocycles. The van der Waals surface area contributed by atoms with Crippen molar-refractivity contribution in [2.75, 3.05) is 18.0 Å². The van der Waals surface area contributed by atoms with Gasteiger partial charge in [0.2, 0.25) is 5.91 Å². The summed E-state index contributed by atoms with van der Waals surface area (Å²) in [7, 11) is 0. The minimum Gasteiger partial charge on any atom is -0.436 e. The van der Waals surface area contributed by atoms with Crippen LogP contribution in [0.15, 0.2) is 60.9 Å². The Morgan fingerprint density at radius 2 is 1.74 bits per heavy atom. The van der Waals surface area contributed by atoms with Gasteiger partial charge in [-0.3, -0.25) is 4.79 Å². The molecule has 0 saturated carbocycles. The summed E-state index contributed by atoms with van der Waals surface area (Å²) in [6.07, 6.45) is 4.87. The highest BCUT2D eigenvalue weighted by Crippen LogP contribution is 2.31. The number of aromatic nitrogens is 2. The molecule has 6 nitrogen and oxygen atoms in total. The molecule has 1 aromatic heterocycles. The molecular formula is C25H28N4O2. The van der Waals surface area contributed by atoms with Crippen LogP contribution in [-0.4, -0.2) is 29.0 Å². The number of hydrogen-bond acceptors (Lipinski definition) is 5. The van der Waals surface area contributed by atoms with Crippen molar-refractivity contribution in [2.45, 2.75) is 33.2 Å². The molecule has 1 N–H and O–H groups in total. The molecule has 1 aliphatic rings. The van der Waals surface area contributed by atoms with E-state index in [0.717, 1.165) is 43.1 Å². The van der Waals surface area contributed by atoms with Crippen LogP contribution in [0.25, 0.3) is 0 Å². The fourth-order valence-corrected chi connectivity index (χ4v) is 3.81. The number of piperidine rings is 1. The second-order valence-electron chi connectivity index (χ2n) is 8.01. The van der Waals surface area contributed by atoms with Gasteiger partial charge in [-0.1, -0.05) is 42.0 Å². The Labute approximate surface area is 183 Å². The Hall–Kier alpha value is -3.41. The van der Waals surface area contributed by atoms with E-state index in [-0.39, 0.29) is 11.8 Å². The van der Waals surface area contributed by atoms with Crippen LogP contribution in [0.1, 0.15) is 29.5 Å². The molecule has 1 amide bonds. The molecule has 0 bridgehead atoms. The fourth-order valence-electron chi connectivity index (χ4n) is 3.81. The maximum absolute atomic E-state index is 12.7. The van der Waals surface area contributed by atoms with Crippen molar-refractivity contribution in [1.82, 2.24) is 15.3 Å². The first-order valence-electron chi connectivity index (χ1n) is 10.7. The molecule has 1 fully saturated rings. The van der Waals surface area contributed by atoms with Crippen LogP contribution in [0.3, 0.4) is 0 Å². The van der Waals surface area contributed by atoms with Gasteiger partial charge in [-0.2, -0.15) is 0 Å². The van der Waals surface area contributed by atoms with E-state index in [1.165, 1.54) is 11.1 Å². The summed E-state index contributed by atoms with van der Waals surface area (Å²) >= 11 is 0. The Morgan fingerprint density at radius 3 is 2.48 bits per heavy atom. The second kappa shape index (κ2) is 9.60. The molecule has 0 spiro atoms. The zero-order valence-electron chi connectivity index (χ0n) is 18.0. The van der Waals surface area contributed by atoms with Gasteiger partial charge in [0.25, 0.3) is 5.88 Å². The van der Waals surface area contributed by atoms with Crippen LogP contribution in [-0.2, 0) is 11.3 Å². The van der Waals surface area contributed by atoms with E-state index < -0.39 is 0 Å². The van der Waals surface area contributed by atoms with Crippen LogP contribution in [0.5, 0.6) is 11.6 Å². The Morgan fingerprint density at radius 1 is 1.03 bits per heavy atom. The van der Waals surface area contributed by atoms with E-state index in [4.69, 9.17) is 4.74 Å². The predicted molar refractivity (Wildman–Crippen MR) is 121 cm³/mol. The number of hydrogen-bond donors (Lipinski definition) is 1. The zero-order chi connectivity index (χ0) is 21.6. The number of anilines is 1. The van der Waals surface area contributed by atoms with E-state index in [2.05, 4.69) is 39.2 Å². The largest absolute Gasteiger partial charge is 0.436 e. The van der Waals surface area contributed by atoms with Gasteiger partial charge >= 0.3 is 0 Å². The first-order valence-corrected chi connectivity index (χ1v) is 10.7. The van der Waals surface area contributed by atoms with E-state index >= 15 is 0 Å². The van der Waals surface area contributed by atoms with Crippen LogP contribution < -0.4 is 15.0 Å². The number of benzene rings is 2. The number of ether oxygens (including phenoxy) is 1. The third kappa shape index (κ3) is 5.20. The summed E-state index contributed by atoms with van der Waals surface area (Å²) in [5.41, 5.74) is 3.53. The topological polar surface area (TPSA) is 67.4 Å². The quantitative estimate of drug-likeness (QED) is 0.644. The molecular weight excluding hydrogens is 388 g/mol. The number of aryl methyl sites for hydroxylation is 2. The smallest absolute Gasteiger partial charge is 0.263 e. The van der Waals surface area contributed by atoms with Gasteiger partial charge in [-0.15, -0.1) is 0 Å². The third-order valence-corrected chi connectivity index (χ3v) is 5.76. The van der Waals surface area contributed by atoms with E-state index in [1.54, 1.807) is 12.4 Å².